The summed E-state index contributed by atoms with van der Waals surface area (Å²) < 4.78 is 0. The number of aromatic nitrogens is 1. The topological polar surface area (TPSA) is 74.4 Å². The van der Waals surface area contributed by atoms with Crippen molar-refractivity contribution in [1.29, 1.82) is 0 Å². The van der Waals surface area contributed by atoms with Crippen LogP contribution in [0.1, 0.15) is 17.7 Å². The first-order chi connectivity index (χ1) is 12.2. The minimum absolute atomic E-state index is 0.231. The fourth-order valence-corrected chi connectivity index (χ4v) is 3.62. The summed E-state index contributed by atoms with van der Waals surface area (Å²) in [5.41, 5.74) is 8.23. The van der Waals surface area contributed by atoms with E-state index in [1.54, 1.807) is 0 Å². The maximum absolute atomic E-state index is 9.04. The Morgan fingerprint density at radius 3 is 2.72 bits per heavy atom. The van der Waals surface area contributed by atoms with Gasteiger partial charge in [0.2, 0.25) is 0 Å². The van der Waals surface area contributed by atoms with E-state index >= 15 is 0 Å². The lowest BCUT2D eigenvalue weighted by molar-refractivity contribution is 0.279. The number of nitrogen functional groups attached to an aromatic ring is 1. The Balaban J connectivity index is 1.64. The van der Waals surface area contributed by atoms with Crippen LogP contribution in [0.15, 0.2) is 48.5 Å². The molecule has 2 atom stereocenters. The van der Waals surface area contributed by atoms with Crippen molar-refractivity contribution < 1.29 is 5.11 Å². The molecular formula is C20H28N4O. The molecule has 2 aromatic rings. The van der Waals surface area contributed by atoms with Crippen molar-refractivity contribution in [2.45, 2.75) is 25.4 Å². The molecule has 1 saturated heterocycles. The third kappa shape index (κ3) is 5.26. The van der Waals surface area contributed by atoms with Crippen LogP contribution >= 0.6 is 0 Å². The zero-order valence-corrected chi connectivity index (χ0v) is 14.6. The van der Waals surface area contributed by atoms with Crippen LogP contribution in [0.5, 0.6) is 0 Å². The summed E-state index contributed by atoms with van der Waals surface area (Å²) >= 11 is 0. The van der Waals surface area contributed by atoms with Gasteiger partial charge in [0.25, 0.3) is 0 Å². The quantitative estimate of drug-likeness (QED) is 0.638. The number of nitrogens with zero attached hydrogens (tertiary/aromatic N) is 2. The van der Waals surface area contributed by atoms with Crippen molar-refractivity contribution in [3.05, 3.63) is 59.8 Å². The molecule has 0 spiro atoms. The summed E-state index contributed by atoms with van der Waals surface area (Å²) in [5, 5.41) is 12.7. The van der Waals surface area contributed by atoms with E-state index in [0.717, 1.165) is 44.7 Å². The number of likely N-dealkylation sites (tertiary alicyclic amines) is 1. The van der Waals surface area contributed by atoms with Crippen LogP contribution in [0.25, 0.3) is 0 Å². The lowest BCUT2D eigenvalue weighted by atomic mass is 9.97. The van der Waals surface area contributed by atoms with E-state index in [0.29, 0.717) is 17.8 Å². The van der Waals surface area contributed by atoms with Gasteiger partial charge in [-0.05, 0) is 43.0 Å². The van der Waals surface area contributed by atoms with Gasteiger partial charge in [-0.15, -0.1) is 0 Å². The van der Waals surface area contributed by atoms with Gasteiger partial charge in [0.05, 0.1) is 0 Å². The minimum Gasteiger partial charge on any atom is -0.396 e. The van der Waals surface area contributed by atoms with Gasteiger partial charge in [-0.25, -0.2) is 4.98 Å². The molecule has 4 N–H and O–H groups in total. The summed E-state index contributed by atoms with van der Waals surface area (Å²) in [7, 11) is 0. The van der Waals surface area contributed by atoms with Crippen molar-refractivity contribution in [1.82, 2.24) is 15.2 Å². The van der Waals surface area contributed by atoms with Gasteiger partial charge in [0, 0.05) is 38.0 Å². The van der Waals surface area contributed by atoms with E-state index in [4.69, 9.17) is 10.8 Å². The zero-order chi connectivity index (χ0) is 17.5. The highest BCUT2D eigenvalue weighted by molar-refractivity contribution is 5.29. The maximum atomic E-state index is 9.04. The highest BCUT2D eigenvalue weighted by atomic mass is 16.3. The van der Waals surface area contributed by atoms with E-state index in [1.165, 1.54) is 5.56 Å². The summed E-state index contributed by atoms with van der Waals surface area (Å²) in [5.74, 6) is 1.08. The molecule has 1 aromatic carbocycles. The van der Waals surface area contributed by atoms with Crippen molar-refractivity contribution >= 4 is 5.82 Å². The monoisotopic (exact) mass is 340 g/mol. The number of pyridine rings is 1. The molecule has 5 nitrogen and oxygen atoms in total. The molecule has 0 saturated carbocycles. The molecule has 0 amide bonds. The fourth-order valence-electron chi connectivity index (χ4n) is 3.62. The van der Waals surface area contributed by atoms with Gasteiger partial charge < -0.3 is 16.2 Å². The lowest BCUT2D eigenvalue weighted by Crippen LogP contribution is -2.38. The fraction of sp³-hybridized carbons (Fsp3) is 0.450. The number of rotatable bonds is 8. The first-order valence-electron chi connectivity index (χ1n) is 9.06. The second-order valence-electron chi connectivity index (χ2n) is 6.84. The van der Waals surface area contributed by atoms with Crippen molar-refractivity contribution in [3.8, 4) is 0 Å². The molecule has 2 heterocycles. The SMILES string of the molecule is Nc1cccc(C[C@H]2CN(Cc3ccccc3)C[C@H]2NCCCO)n1. The normalized spacial score (nSPS) is 20.8. The molecule has 3 rings (SSSR count). The van der Waals surface area contributed by atoms with E-state index in [-0.39, 0.29) is 6.61 Å². The summed E-state index contributed by atoms with van der Waals surface area (Å²) in [6.07, 6.45) is 1.71. The van der Waals surface area contributed by atoms with Gasteiger partial charge in [0.15, 0.2) is 0 Å². The van der Waals surface area contributed by atoms with Gasteiger partial charge >= 0.3 is 0 Å². The molecule has 0 radical (unpaired) electrons. The summed E-state index contributed by atoms with van der Waals surface area (Å²) in [4.78, 5) is 6.97. The molecule has 0 unspecified atom stereocenters. The lowest BCUT2D eigenvalue weighted by Gasteiger charge is -2.19. The number of anilines is 1. The molecule has 25 heavy (non-hydrogen) atoms. The van der Waals surface area contributed by atoms with E-state index in [2.05, 4.69) is 51.6 Å². The Bertz CT molecular complexity index is 649. The summed E-state index contributed by atoms with van der Waals surface area (Å²) in [6.45, 7) is 4.12. The predicted octanol–water partition coefficient (Wildman–Crippen LogP) is 1.68. The number of nitrogens with one attached hydrogen (secondary N) is 1. The average molecular weight is 340 g/mol. The molecule has 0 bridgehead atoms. The van der Waals surface area contributed by atoms with Gasteiger partial charge in [-0.3, -0.25) is 4.90 Å². The van der Waals surface area contributed by atoms with E-state index < -0.39 is 0 Å². The molecule has 1 aromatic heterocycles. The molecule has 1 fully saturated rings. The van der Waals surface area contributed by atoms with E-state index in [9.17, 15) is 0 Å². The second-order valence-corrected chi connectivity index (χ2v) is 6.84. The number of benzene rings is 1. The molecule has 134 valence electrons. The van der Waals surface area contributed by atoms with E-state index in [1.807, 2.05) is 12.1 Å². The van der Waals surface area contributed by atoms with Crippen molar-refractivity contribution in [2.75, 3.05) is 32.0 Å². The Hall–Kier alpha value is -1.95. The number of aliphatic hydroxyl groups excluding tert-OH is 1. The zero-order valence-electron chi connectivity index (χ0n) is 14.6. The Kier molecular flexibility index (Phi) is 6.39. The van der Waals surface area contributed by atoms with Crippen LogP contribution in [0.4, 0.5) is 5.82 Å². The molecule has 1 aliphatic heterocycles. The predicted molar refractivity (Wildman–Crippen MR) is 101 cm³/mol. The standard InChI is InChI=1S/C20H28N4O/c21-20-9-4-8-18(23-20)12-17-14-24(13-16-6-2-1-3-7-16)15-19(17)22-10-5-11-25/h1-4,6-9,17,19,22,25H,5,10-15H2,(H2,21,23)/t17-,19+/m0/s1. The van der Waals surface area contributed by atoms with Crippen LogP contribution < -0.4 is 11.1 Å². The largest absolute Gasteiger partial charge is 0.396 e. The third-order valence-corrected chi connectivity index (χ3v) is 4.81. The molecule has 5 heteroatoms. The first kappa shape index (κ1) is 17.9. The molecule has 1 aliphatic rings. The number of nitrogens with two attached hydrogens (primary N) is 1. The van der Waals surface area contributed by atoms with Crippen molar-refractivity contribution in [3.63, 3.8) is 0 Å². The van der Waals surface area contributed by atoms with Crippen LogP contribution in [-0.4, -0.2) is 47.3 Å². The molecule has 0 aliphatic carbocycles. The van der Waals surface area contributed by atoms with Crippen LogP contribution in [0, 0.1) is 5.92 Å². The highest BCUT2D eigenvalue weighted by Gasteiger charge is 2.32. The second kappa shape index (κ2) is 8.94. The Morgan fingerprint density at radius 2 is 1.96 bits per heavy atom. The first-order valence-corrected chi connectivity index (χ1v) is 9.06. The van der Waals surface area contributed by atoms with Gasteiger partial charge in [-0.1, -0.05) is 36.4 Å². The van der Waals surface area contributed by atoms with Crippen LogP contribution in [0.2, 0.25) is 0 Å². The maximum Gasteiger partial charge on any atom is 0.123 e. The number of hydrogen-bond acceptors (Lipinski definition) is 5. The number of hydrogen-bond donors (Lipinski definition) is 3. The smallest absolute Gasteiger partial charge is 0.123 e. The van der Waals surface area contributed by atoms with Crippen molar-refractivity contribution in [2.24, 2.45) is 5.92 Å². The number of aliphatic hydroxyl groups is 1. The Labute approximate surface area is 149 Å². The van der Waals surface area contributed by atoms with Gasteiger partial charge in [0.1, 0.15) is 5.82 Å². The average Bonchev–Trinajstić information content (AvgIpc) is 2.97. The minimum atomic E-state index is 0.231. The highest BCUT2D eigenvalue weighted by Crippen LogP contribution is 2.23. The van der Waals surface area contributed by atoms with Crippen LogP contribution in [0.3, 0.4) is 0 Å². The third-order valence-electron chi connectivity index (χ3n) is 4.81. The van der Waals surface area contributed by atoms with Crippen LogP contribution in [-0.2, 0) is 13.0 Å². The molecular weight excluding hydrogens is 312 g/mol. The Morgan fingerprint density at radius 1 is 1.12 bits per heavy atom. The summed E-state index contributed by atoms with van der Waals surface area (Å²) in [6, 6.07) is 16.9. The van der Waals surface area contributed by atoms with Gasteiger partial charge in [-0.2, -0.15) is 0 Å².